The first kappa shape index (κ1) is 30.9. The van der Waals surface area contributed by atoms with Crippen molar-refractivity contribution in [2.24, 2.45) is 14.1 Å². The van der Waals surface area contributed by atoms with Crippen molar-refractivity contribution in [1.29, 1.82) is 0 Å². The van der Waals surface area contributed by atoms with Crippen LogP contribution >= 0.6 is 12.4 Å². The molecule has 0 amide bonds. The molecule has 0 aliphatic carbocycles. The minimum absolute atomic E-state index is 0. The van der Waals surface area contributed by atoms with Gasteiger partial charge >= 0.3 is 5.69 Å². The molecule has 0 unspecified atom stereocenters. The molecule has 1 aliphatic heterocycles. The van der Waals surface area contributed by atoms with Crippen molar-refractivity contribution in [3.63, 3.8) is 0 Å². The lowest BCUT2D eigenvalue weighted by Crippen LogP contribution is -2.49. The van der Waals surface area contributed by atoms with E-state index in [9.17, 15) is 22.8 Å². The van der Waals surface area contributed by atoms with Gasteiger partial charge in [-0.05, 0) is 24.6 Å². The molecule has 0 spiro atoms. The fraction of sp³-hybridized carbons (Fsp3) is 0.370. The quantitative estimate of drug-likeness (QED) is 0.279. The molecule has 1 fully saturated rings. The highest BCUT2D eigenvalue weighted by Gasteiger charge is 2.20. The van der Waals surface area contributed by atoms with Gasteiger partial charge in [0.2, 0.25) is 10.0 Å². The maximum Gasteiger partial charge on any atom is 0.332 e. The number of carbonyl (C=O) groups is 1. The molecule has 0 atom stereocenters. The highest BCUT2D eigenvalue weighted by atomic mass is 35.5. The van der Waals surface area contributed by atoms with Crippen LogP contribution in [-0.4, -0.2) is 73.8 Å². The monoisotopic (exact) mass is 591 g/mol. The zero-order chi connectivity index (χ0) is 28.2. The highest BCUT2D eigenvalue weighted by molar-refractivity contribution is 7.92. The van der Waals surface area contributed by atoms with Crippen LogP contribution in [0.25, 0.3) is 0 Å². The van der Waals surface area contributed by atoms with E-state index in [2.05, 4.69) is 9.62 Å². The molecule has 1 aliphatic rings. The number of aromatic nitrogens is 2. The SMILES string of the molecule is Cl.Cn1c(N2CCN(CCCOc3ccc(C(=O)c4ccccc4)cc3NS(C)(=O)=O)CC2)cc(=O)n(C)c1=O. The van der Waals surface area contributed by atoms with Crippen molar-refractivity contribution in [1.82, 2.24) is 14.0 Å². The largest absolute Gasteiger partial charge is 0.491 e. The minimum atomic E-state index is -3.59. The summed E-state index contributed by atoms with van der Waals surface area (Å²) in [5.74, 6) is 0.751. The van der Waals surface area contributed by atoms with Gasteiger partial charge in [-0.15, -0.1) is 12.4 Å². The maximum atomic E-state index is 12.8. The smallest absolute Gasteiger partial charge is 0.332 e. The van der Waals surface area contributed by atoms with E-state index < -0.39 is 10.0 Å². The summed E-state index contributed by atoms with van der Waals surface area (Å²) in [6, 6.07) is 15.0. The van der Waals surface area contributed by atoms with E-state index in [-0.39, 0.29) is 35.1 Å². The molecule has 3 aromatic rings. The highest BCUT2D eigenvalue weighted by Crippen LogP contribution is 2.28. The van der Waals surface area contributed by atoms with Gasteiger partial charge in [0.25, 0.3) is 5.56 Å². The number of piperazine rings is 1. The zero-order valence-electron chi connectivity index (χ0n) is 22.7. The van der Waals surface area contributed by atoms with Gasteiger partial charge in [0.1, 0.15) is 11.6 Å². The van der Waals surface area contributed by atoms with Crippen LogP contribution in [0.15, 0.2) is 64.2 Å². The van der Waals surface area contributed by atoms with Crippen molar-refractivity contribution in [2.75, 3.05) is 55.2 Å². The molecule has 1 aromatic heterocycles. The second kappa shape index (κ2) is 13.2. The third kappa shape index (κ3) is 7.52. The molecule has 1 N–H and O–H groups in total. The standard InChI is InChI=1S/C27H33N5O6S.ClH/c1-29-24(19-25(33)30(2)27(29)35)32-15-13-31(14-16-32)12-7-17-38-23-11-10-21(18-22(23)28-39(3,36)37)26(34)20-8-5-4-6-9-20;/h4-6,8-11,18-19,28H,7,12-17H2,1-3H3;1H. The predicted molar refractivity (Wildman–Crippen MR) is 158 cm³/mol. The van der Waals surface area contributed by atoms with Crippen LogP contribution < -0.4 is 25.6 Å². The fourth-order valence-corrected chi connectivity index (χ4v) is 5.09. The van der Waals surface area contributed by atoms with Crippen molar-refractivity contribution in [3.05, 3.63) is 86.6 Å². The van der Waals surface area contributed by atoms with E-state index in [1.54, 1.807) is 43.4 Å². The Morgan fingerprint density at radius 2 is 1.60 bits per heavy atom. The van der Waals surface area contributed by atoms with Crippen molar-refractivity contribution >= 4 is 39.7 Å². The molecular weight excluding hydrogens is 558 g/mol. The summed E-state index contributed by atoms with van der Waals surface area (Å²) in [4.78, 5) is 41.5. The molecule has 13 heteroatoms. The van der Waals surface area contributed by atoms with Gasteiger partial charge in [0.15, 0.2) is 5.78 Å². The predicted octanol–water partition coefficient (Wildman–Crippen LogP) is 1.70. The van der Waals surface area contributed by atoms with Gasteiger partial charge in [-0.2, -0.15) is 0 Å². The van der Waals surface area contributed by atoms with Crippen LogP contribution in [0.2, 0.25) is 0 Å². The summed E-state index contributed by atoms with van der Waals surface area (Å²) in [5, 5.41) is 0. The van der Waals surface area contributed by atoms with E-state index >= 15 is 0 Å². The average Bonchev–Trinajstić information content (AvgIpc) is 2.92. The average molecular weight is 592 g/mol. The summed E-state index contributed by atoms with van der Waals surface area (Å²) in [5.41, 5.74) is 0.404. The maximum absolute atomic E-state index is 12.8. The lowest BCUT2D eigenvalue weighted by atomic mass is 10.0. The molecular formula is C27H34ClN5O6S. The number of rotatable bonds is 10. The Morgan fingerprint density at radius 3 is 2.25 bits per heavy atom. The van der Waals surface area contributed by atoms with Gasteiger partial charge < -0.3 is 9.64 Å². The first-order valence-electron chi connectivity index (χ1n) is 12.6. The molecule has 40 heavy (non-hydrogen) atoms. The molecule has 0 saturated carbocycles. The Hall–Kier alpha value is -3.61. The second-order valence-corrected chi connectivity index (χ2v) is 11.3. The molecule has 216 valence electrons. The van der Waals surface area contributed by atoms with Crippen LogP contribution in [0.1, 0.15) is 22.3 Å². The van der Waals surface area contributed by atoms with E-state index in [1.165, 1.54) is 23.7 Å². The molecule has 0 bridgehead atoms. The Kier molecular flexibility index (Phi) is 10.2. The Labute approximate surface area is 239 Å². The number of anilines is 2. The third-order valence-electron chi connectivity index (χ3n) is 6.65. The van der Waals surface area contributed by atoms with E-state index in [0.29, 0.717) is 48.8 Å². The number of nitrogens with one attached hydrogen (secondary N) is 1. The topological polar surface area (TPSA) is 123 Å². The summed E-state index contributed by atoms with van der Waals surface area (Å²) in [7, 11) is -0.460. The van der Waals surface area contributed by atoms with Gasteiger partial charge in [0.05, 0.1) is 18.6 Å². The van der Waals surface area contributed by atoms with Crippen LogP contribution in [0.4, 0.5) is 11.5 Å². The summed E-state index contributed by atoms with van der Waals surface area (Å²) in [6.45, 7) is 4.01. The van der Waals surface area contributed by atoms with Gasteiger partial charge in [-0.25, -0.2) is 13.2 Å². The summed E-state index contributed by atoms with van der Waals surface area (Å²) >= 11 is 0. The number of halogens is 1. The number of hydrogen-bond acceptors (Lipinski definition) is 8. The Bertz CT molecular complexity index is 1560. The fourth-order valence-electron chi connectivity index (χ4n) is 4.53. The normalized spacial score (nSPS) is 13.9. The van der Waals surface area contributed by atoms with Gasteiger partial charge in [-0.1, -0.05) is 30.3 Å². The zero-order valence-corrected chi connectivity index (χ0v) is 24.3. The van der Waals surface area contributed by atoms with E-state index in [0.717, 1.165) is 30.5 Å². The summed E-state index contributed by atoms with van der Waals surface area (Å²) < 4.78 is 34.8. The molecule has 11 nitrogen and oxygen atoms in total. The van der Waals surface area contributed by atoms with Gasteiger partial charge in [-0.3, -0.25) is 28.3 Å². The second-order valence-electron chi connectivity index (χ2n) is 9.55. The molecule has 0 radical (unpaired) electrons. The number of ether oxygens (including phenoxy) is 1. The van der Waals surface area contributed by atoms with Crippen LogP contribution in [0, 0.1) is 0 Å². The molecule has 1 saturated heterocycles. The first-order valence-corrected chi connectivity index (χ1v) is 14.5. The number of sulfonamides is 1. The first-order chi connectivity index (χ1) is 18.5. The third-order valence-corrected chi connectivity index (χ3v) is 7.24. The number of carbonyl (C=O) groups excluding carboxylic acids is 1. The molecule has 2 heterocycles. The Balaban J connectivity index is 0.00000441. The van der Waals surface area contributed by atoms with Crippen LogP contribution in [-0.2, 0) is 24.1 Å². The van der Waals surface area contributed by atoms with Crippen molar-refractivity contribution in [2.45, 2.75) is 6.42 Å². The number of benzene rings is 2. The lowest BCUT2D eigenvalue weighted by Gasteiger charge is -2.36. The van der Waals surface area contributed by atoms with Crippen LogP contribution in [0.3, 0.4) is 0 Å². The van der Waals surface area contributed by atoms with Gasteiger partial charge in [0, 0.05) is 64.0 Å². The number of ketones is 1. The summed E-state index contributed by atoms with van der Waals surface area (Å²) in [6.07, 6.45) is 1.75. The van der Waals surface area contributed by atoms with E-state index in [4.69, 9.17) is 4.74 Å². The lowest BCUT2D eigenvalue weighted by molar-refractivity contribution is 0.103. The minimum Gasteiger partial charge on any atom is -0.491 e. The van der Waals surface area contributed by atoms with E-state index in [1.807, 2.05) is 11.0 Å². The number of nitrogens with zero attached hydrogens (tertiary/aromatic N) is 4. The van der Waals surface area contributed by atoms with Crippen molar-refractivity contribution < 1.29 is 17.9 Å². The molecule has 2 aromatic carbocycles. The number of hydrogen-bond donors (Lipinski definition) is 1. The Morgan fingerprint density at radius 1 is 0.925 bits per heavy atom. The van der Waals surface area contributed by atoms with Crippen molar-refractivity contribution in [3.8, 4) is 5.75 Å². The molecule has 4 rings (SSSR count). The van der Waals surface area contributed by atoms with Crippen LogP contribution in [0.5, 0.6) is 5.75 Å².